The fourth-order valence-corrected chi connectivity index (χ4v) is 8.94. The van der Waals surface area contributed by atoms with Gasteiger partial charge in [0.05, 0.1) is 48.6 Å². The summed E-state index contributed by atoms with van der Waals surface area (Å²) in [5.74, 6) is 0.152. The lowest BCUT2D eigenvalue weighted by molar-refractivity contribution is -0.700. The number of esters is 1. The molecule has 13 heteroatoms. The Bertz CT molecular complexity index is 2020. The van der Waals surface area contributed by atoms with Gasteiger partial charge in [0.25, 0.3) is 5.56 Å². The number of pyridine rings is 1. The number of amides is 1. The maximum atomic E-state index is 14.1. The van der Waals surface area contributed by atoms with Gasteiger partial charge in [-0.25, -0.2) is 0 Å². The molecule has 1 aliphatic carbocycles. The van der Waals surface area contributed by atoms with Gasteiger partial charge in [-0.3, -0.25) is 28.9 Å². The van der Waals surface area contributed by atoms with Crippen LogP contribution in [0, 0.1) is 5.41 Å². The molecule has 1 N–H and O–H groups in total. The SMILES string of the molecule is CC(=O)OCc1c(-c2cc(Nc3cc4n(n3)CCN(C3COC3)C4)c(=O)n(C)c2)cccc1N1CC[n+]2c(sc3c2CC(C)(C)C3)C1=O. The van der Waals surface area contributed by atoms with E-state index in [2.05, 4.69) is 28.6 Å². The molecule has 48 heavy (non-hydrogen) atoms. The molecule has 8 rings (SSSR count). The van der Waals surface area contributed by atoms with E-state index in [0.717, 1.165) is 67.5 Å². The minimum atomic E-state index is -0.411. The van der Waals surface area contributed by atoms with Crippen molar-refractivity contribution in [1.82, 2.24) is 19.2 Å². The average Bonchev–Trinajstić information content (AvgIpc) is 3.66. The molecule has 3 aliphatic heterocycles. The molecule has 1 saturated heterocycles. The van der Waals surface area contributed by atoms with Gasteiger partial charge in [0.1, 0.15) is 12.3 Å². The molecule has 1 amide bonds. The first-order chi connectivity index (χ1) is 23.0. The van der Waals surface area contributed by atoms with Gasteiger partial charge in [0.2, 0.25) is 0 Å². The lowest BCUT2D eigenvalue weighted by atomic mass is 9.91. The van der Waals surface area contributed by atoms with Gasteiger partial charge in [-0.15, -0.1) is 0 Å². The number of aromatic nitrogens is 4. The first-order valence-electron chi connectivity index (χ1n) is 16.5. The van der Waals surface area contributed by atoms with Crippen molar-refractivity contribution >= 4 is 40.4 Å². The highest BCUT2D eigenvalue weighted by atomic mass is 32.1. The van der Waals surface area contributed by atoms with Gasteiger partial charge in [-0.1, -0.05) is 37.3 Å². The van der Waals surface area contributed by atoms with Crippen LogP contribution in [0.3, 0.4) is 0 Å². The number of nitrogens with zero attached hydrogens (tertiary/aromatic N) is 6. The molecule has 4 aromatic rings. The number of fused-ring (bicyclic) bond motifs is 4. The second kappa shape index (κ2) is 11.7. The summed E-state index contributed by atoms with van der Waals surface area (Å²) < 4.78 is 16.7. The molecule has 0 unspecified atom stereocenters. The van der Waals surface area contributed by atoms with Crippen molar-refractivity contribution in [3.8, 4) is 11.1 Å². The van der Waals surface area contributed by atoms with E-state index >= 15 is 0 Å². The molecule has 12 nitrogen and oxygen atoms in total. The molecular weight excluding hydrogens is 630 g/mol. The minimum Gasteiger partial charge on any atom is -0.461 e. The second-order valence-corrected chi connectivity index (χ2v) is 15.2. The summed E-state index contributed by atoms with van der Waals surface area (Å²) in [5.41, 5.74) is 5.71. The van der Waals surface area contributed by atoms with Crippen LogP contribution in [0.5, 0.6) is 0 Å². The smallest absolute Gasteiger partial charge is 0.334 e. The number of anilines is 3. The highest BCUT2D eigenvalue weighted by molar-refractivity contribution is 7.13. The predicted molar refractivity (Wildman–Crippen MR) is 180 cm³/mol. The molecule has 3 aromatic heterocycles. The van der Waals surface area contributed by atoms with Crippen molar-refractivity contribution in [2.45, 2.75) is 65.9 Å². The van der Waals surface area contributed by atoms with Crippen molar-refractivity contribution in [1.29, 1.82) is 0 Å². The number of carbonyl (C=O) groups is 2. The molecule has 0 atom stereocenters. The van der Waals surface area contributed by atoms with Crippen molar-refractivity contribution in [2.24, 2.45) is 12.5 Å². The molecule has 6 heterocycles. The molecule has 4 aliphatic rings. The summed E-state index contributed by atoms with van der Waals surface area (Å²) >= 11 is 1.60. The van der Waals surface area contributed by atoms with E-state index in [4.69, 9.17) is 14.6 Å². The van der Waals surface area contributed by atoms with E-state index in [0.29, 0.717) is 41.9 Å². The molecular formula is C35H40N7O5S+. The van der Waals surface area contributed by atoms with E-state index in [1.807, 2.05) is 39.9 Å². The van der Waals surface area contributed by atoms with E-state index in [9.17, 15) is 14.4 Å². The molecule has 0 bridgehead atoms. The lowest BCUT2D eigenvalue weighted by Crippen LogP contribution is -2.55. The lowest BCUT2D eigenvalue weighted by Gasteiger charge is -2.39. The first kappa shape index (κ1) is 31.0. The minimum absolute atomic E-state index is 0.0122. The Labute approximate surface area is 282 Å². The number of hydrogen-bond acceptors (Lipinski definition) is 9. The fourth-order valence-electron chi connectivity index (χ4n) is 7.43. The number of rotatable bonds is 7. The van der Waals surface area contributed by atoms with E-state index in [-0.39, 0.29) is 23.5 Å². The maximum absolute atomic E-state index is 14.1. The van der Waals surface area contributed by atoms with Gasteiger partial charge < -0.3 is 19.4 Å². The van der Waals surface area contributed by atoms with Gasteiger partial charge in [-0.05, 0) is 29.5 Å². The van der Waals surface area contributed by atoms with E-state index in [1.165, 1.54) is 22.1 Å². The van der Waals surface area contributed by atoms with Crippen LogP contribution >= 0.6 is 11.3 Å². The van der Waals surface area contributed by atoms with Gasteiger partial charge >= 0.3 is 16.9 Å². The normalized spacial score (nSPS) is 18.7. The second-order valence-electron chi connectivity index (χ2n) is 14.1. The Kier molecular flexibility index (Phi) is 7.53. The van der Waals surface area contributed by atoms with Crippen molar-refractivity contribution in [3.63, 3.8) is 0 Å². The summed E-state index contributed by atoms with van der Waals surface area (Å²) in [5, 5.41) is 8.77. The number of nitrogens with one attached hydrogen (secondary N) is 1. The number of ether oxygens (including phenoxy) is 2. The van der Waals surface area contributed by atoms with Gasteiger partial charge in [0.15, 0.2) is 18.1 Å². The largest absolute Gasteiger partial charge is 0.461 e. The van der Waals surface area contributed by atoms with Crippen molar-refractivity contribution in [3.05, 3.63) is 73.7 Å². The fraction of sp³-hybridized carbons (Fsp3) is 0.457. The molecule has 0 spiro atoms. The molecule has 1 fully saturated rings. The zero-order valence-corrected chi connectivity index (χ0v) is 28.6. The predicted octanol–water partition coefficient (Wildman–Crippen LogP) is 3.40. The zero-order chi connectivity index (χ0) is 33.3. The quantitative estimate of drug-likeness (QED) is 0.235. The van der Waals surface area contributed by atoms with Crippen LogP contribution in [0.25, 0.3) is 11.1 Å². The average molecular weight is 671 g/mol. The number of benzene rings is 1. The first-order valence-corrected chi connectivity index (χ1v) is 17.3. The number of thiazole rings is 1. The van der Waals surface area contributed by atoms with Crippen molar-refractivity contribution in [2.75, 3.05) is 36.5 Å². The number of aryl methyl sites for hydroxylation is 1. The van der Waals surface area contributed by atoms with Crippen LogP contribution in [0.1, 0.15) is 52.4 Å². The number of carbonyl (C=O) groups excluding carboxylic acids is 2. The molecule has 0 saturated carbocycles. The Balaban J connectivity index is 1.12. The van der Waals surface area contributed by atoms with Crippen LogP contribution in [0.4, 0.5) is 17.2 Å². The Morgan fingerprint density at radius 1 is 1.17 bits per heavy atom. The van der Waals surface area contributed by atoms with E-state index in [1.54, 1.807) is 24.6 Å². The Morgan fingerprint density at radius 2 is 2.00 bits per heavy atom. The Morgan fingerprint density at radius 3 is 2.77 bits per heavy atom. The highest BCUT2D eigenvalue weighted by Gasteiger charge is 2.45. The number of hydrogen-bond donors (Lipinski definition) is 1. The van der Waals surface area contributed by atoms with Crippen LogP contribution < -0.4 is 20.3 Å². The highest BCUT2D eigenvalue weighted by Crippen LogP contribution is 2.40. The molecule has 1 aromatic carbocycles. The van der Waals surface area contributed by atoms with Gasteiger partial charge in [-0.2, -0.15) is 9.67 Å². The summed E-state index contributed by atoms with van der Waals surface area (Å²) in [7, 11) is 1.72. The van der Waals surface area contributed by atoms with Gasteiger partial charge in [0, 0.05) is 56.9 Å². The summed E-state index contributed by atoms with van der Waals surface area (Å²) in [6.45, 7) is 11.1. The third-order valence-electron chi connectivity index (χ3n) is 9.96. The zero-order valence-electron chi connectivity index (χ0n) is 27.7. The van der Waals surface area contributed by atoms with Crippen LogP contribution in [0.15, 0.2) is 41.3 Å². The molecule has 250 valence electrons. The summed E-state index contributed by atoms with van der Waals surface area (Å²) in [6, 6.07) is 10.0. The summed E-state index contributed by atoms with van der Waals surface area (Å²) in [6.07, 6.45) is 3.73. The molecule has 0 radical (unpaired) electrons. The van der Waals surface area contributed by atoms with Crippen LogP contribution in [-0.2, 0) is 60.4 Å². The van der Waals surface area contributed by atoms with Crippen LogP contribution in [-0.4, -0.2) is 63.5 Å². The monoisotopic (exact) mass is 670 g/mol. The third-order valence-corrected chi connectivity index (χ3v) is 11.2. The maximum Gasteiger partial charge on any atom is 0.334 e. The van der Waals surface area contributed by atoms with E-state index < -0.39 is 5.97 Å². The Hall–Kier alpha value is -4.33. The summed E-state index contributed by atoms with van der Waals surface area (Å²) in [4.78, 5) is 45.0. The topological polar surface area (TPSA) is 115 Å². The van der Waals surface area contributed by atoms with Crippen molar-refractivity contribution < 1.29 is 23.6 Å². The van der Waals surface area contributed by atoms with Crippen LogP contribution in [0.2, 0.25) is 0 Å². The third kappa shape index (κ3) is 5.43. The standard InChI is InChI=1S/C35H39N7O5S/c1-21(43)47-20-26-25(6-5-7-28(26)40-9-10-41-29-14-35(2,3)15-30(29)48-34(41)33(40)45)22-12-27(32(44)38(4)16-22)36-31-13-23-17-39(24-18-46-19-24)8-11-42(23)37-31/h5-7,12-13,16,24H,8-11,14-15,17-20H2,1-4H3/p+1.